The van der Waals surface area contributed by atoms with Crippen LogP contribution in [0.5, 0.6) is 0 Å². The maximum absolute atomic E-state index is 9.04. The molecule has 1 spiro atoms. The van der Waals surface area contributed by atoms with E-state index in [1.807, 2.05) is 0 Å². The Balaban J connectivity index is 2.09. The Hall–Kier alpha value is -0.0400. The third-order valence-electron chi connectivity index (χ3n) is 2.51. The van der Waals surface area contributed by atoms with E-state index in [1.165, 1.54) is 19.3 Å². The Labute approximate surface area is 43.3 Å². The van der Waals surface area contributed by atoms with Crippen molar-refractivity contribution in [3.8, 4) is 0 Å². The topological polar surface area (TPSA) is 20.2 Å². The first-order chi connectivity index (χ1) is 3.33. The van der Waals surface area contributed by atoms with E-state index in [0.717, 1.165) is 6.42 Å². The van der Waals surface area contributed by atoms with E-state index >= 15 is 0 Å². The lowest BCUT2D eigenvalue weighted by Gasteiger charge is -2.32. The predicted octanol–water partition coefficient (Wildman–Crippen LogP) is 0.921. The van der Waals surface area contributed by atoms with Crippen molar-refractivity contribution in [1.29, 1.82) is 0 Å². The highest BCUT2D eigenvalue weighted by molar-refractivity contribution is 5.05. The fourth-order valence-corrected chi connectivity index (χ4v) is 1.43. The minimum Gasteiger partial charge on any atom is -0.393 e. The molecule has 1 atom stereocenters. The number of hydrogen-bond acceptors (Lipinski definition) is 1. The summed E-state index contributed by atoms with van der Waals surface area (Å²) >= 11 is 0. The van der Waals surface area contributed by atoms with Crippen molar-refractivity contribution < 1.29 is 5.11 Å². The van der Waals surface area contributed by atoms with Gasteiger partial charge in [-0.1, -0.05) is 0 Å². The molecule has 1 heteroatoms. The van der Waals surface area contributed by atoms with Gasteiger partial charge in [0, 0.05) is 0 Å². The monoisotopic (exact) mass is 98.1 g/mol. The molecule has 0 aromatic rings. The molecule has 2 aliphatic rings. The van der Waals surface area contributed by atoms with Gasteiger partial charge in [0.25, 0.3) is 0 Å². The molecule has 0 unspecified atom stereocenters. The van der Waals surface area contributed by atoms with Crippen LogP contribution in [0.4, 0.5) is 0 Å². The first-order valence-corrected chi connectivity index (χ1v) is 3.02. The van der Waals surface area contributed by atoms with Crippen LogP contribution in [0.2, 0.25) is 0 Å². The van der Waals surface area contributed by atoms with Crippen LogP contribution in [-0.4, -0.2) is 11.2 Å². The van der Waals surface area contributed by atoms with E-state index in [2.05, 4.69) is 0 Å². The summed E-state index contributed by atoms with van der Waals surface area (Å²) < 4.78 is 0. The van der Waals surface area contributed by atoms with Crippen molar-refractivity contribution in [2.45, 2.75) is 31.8 Å². The smallest absolute Gasteiger partial charge is 0.0596 e. The maximum atomic E-state index is 9.04. The van der Waals surface area contributed by atoms with E-state index in [4.69, 9.17) is 5.11 Å². The highest BCUT2D eigenvalue weighted by Gasteiger charge is 2.54. The Morgan fingerprint density at radius 2 is 2.00 bits per heavy atom. The molecule has 0 heterocycles. The van der Waals surface area contributed by atoms with Crippen molar-refractivity contribution in [2.75, 3.05) is 0 Å². The van der Waals surface area contributed by atoms with Gasteiger partial charge in [-0.05, 0) is 31.1 Å². The van der Waals surface area contributed by atoms with Crippen LogP contribution in [0.1, 0.15) is 25.7 Å². The van der Waals surface area contributed by atoms with E-state index in [1.54, 1.807) is 0 Å². The molecule has 1 nitrogen and oxygen atoms in total. The van der Waals surface area contributed by atoms with Gasteiger partial charge in [0.05, 0.1) is 6.10 Å². The Morgan fingerprint density at radius 1 is 1.29 bits per heavy atom. The summed E-state index contributed by atoms with van der Waals surface area (Å²) in [4.78, 5) is 0. The molecular formula is C6H10O. The highest BCUT2D eigenvalue weighted by Crippen LogP contribution is 2.60. The first-order valence-electron chi connectivity index (χ1n) is 3.02. The van der Waals surface area contributed by atoms with E-state index < -0.39 is 0 Å². The lowest BCUT2D eigenvalue weighted by atomic mass is 9.79. The number of aliphatic hydroxyl groups is 1. The molecule has 0 radical (unpaired) electrons. The minimum atomic E-state index is 0.0903. The molecule has 2 fully saturated rings. The van der Waals surface area contributed by atoms with E-state index in [0.29, 0.717) is 5.41 Å². The molecule has 1 N–H and O–H groups in total. The van der Waals surface area contributed by atoms with Gasteiger partial charge in [-0.15, -0.1) is 0 Å². The lowest BCUT2D eigenvalue weighted by Crippen LogP contribution is -2.32. The summed E-state index contributed by atoms with van der Waals surface area (Å²) in [7, 11) is 0. The quantitative estimate of drug-likeness (QED) is 0.477. The number of hydrogen-bond donors (Lipinski definition) is 1. The Bertz CT molecular complexity index is 94.4. The third-order valence-corrected chi connectivity index (χ3v) is 2.51. The molecule has 0 saturated heterocycles. The second kappa shape index (κ2) is 0.873. The average Bonchev–Trinajstić information content (AvgIpc) is 2.40. The van der Waals surface area contributed by atoms with Gasteiger partial charge in [0.1, 0.15) is 0 Å². The number of rotatable bonds is 0. The van der Waals surface area contributed by atoms with Gasteiger partial charge in [0.15, 0.2) is 0 Å². The molecular weight excluding hydrogens is 88.1 g/mol. The summed E-state index contributed by atoms with van der Waals surface area (Å²) in [5, 5.41) is 9.04. The van der Waals surface area contributed by atoms with Gasteiger partial charge < -0.3 is 5.11 Å². The zero-order valence-electron chi connectivity index (χ0n) is 4.35. The summed E-state index contributed by atoms with van der Waals surface area (Å²) in [5.74, 6) is 0. The largest absolute Gasteiger partial charge is 0.393 e. The van der Waals surface area contributed by atoms with Crippen molar-refractivity contribution in [1.82, 2.24) is 0 Å². The molecule has 2 rings (SSSR count). The highest BCUT2D eigenvalue weighted by atomic mass is 16.3. The molecule has 7 heavy (non-hydrogen) atoms. The van der Waals surface area contributed by atoms with Gasteiger partial charge >= 0.3 is 0 Å². The van der Waals surface area contributed by atoms with Crippen molar-refractivity contribution in [2.24, 2.45) is 5.41 Å². The molecule has 0 amide bonds. The van der Waals surface area contributed by atoms with Crippen LogP contribution in [-0.2, 0) is 0 Å². The molecule has 2 saturated carbocycles. The van der Waals surface area contributed by atoms with Gasteiger partial charge in [0.2, 0.25) is 0 Å². The standard InChI is InChI=1S/C6H10O/c7-5-1-2-6(5)3-4-6/h5,7H,1-4H2/t5-/m1/s1. The minimum absolute atomic E-state index is 0.0903. The summed E-state index contributed by atoms with van der Waals surface area (Å²) in [6.45, 7) is 0. The fraction of sp³-hybridized carbons (Fsp3) is 1.00. The molecule has 0 aliphatic heterocycles. The molecule has 0 aromatic heterocycles. The summed E-state index contributed by atoms with van der Waals surface area (Å²) in [6, 6.07) is 0. The van der Waals surface area contributed by atoms with Gasteiger partial charge in [-0.2, -0.15) is 0 Å². The fourth-order valence-electron chi connectivity index (χ4n) is 1.43. The van der Waals surface area contributed by atoms with E-state index in [9.17, 15) is 0 Å². The van der Waals surface area contributed by atoms with Crippen molar-refractivity contribution >= 4 is 0 Å². The molecule has 0 bridgehead atoms. The zero-order valence-corrected chi connectivity index (χ0v) is 4.35. The lowest BCUT2D eigenvalue weighted by molar-refractivity contribution is 0.00604. The normalized spacial score (nSPS) is 43.3. The van der Waals surface area contributed by atoms with Crippen LogP contribution in [0, 0.1) is 5.41 Å². The second-order valence-electron chi connectivity index (χ2n) is 2.92. The molecule has 2 aliphatic carbocycles. The van der Waals surface area contributed by atoms with Crippen LogP contribution in [0.3, 0.4) is 0 Å². The second-order valence-corrected chi connectivity index (χ2v) is 2.92. The van der Waals surface area contributed by atoms with Gasteiger partial charge in [-0.3, -0.25) is 0 Å². The first kappa shape index (κ1) is 3.90. The zero-order chi connectivity index (χ0) is 4.91. The van der Waals surface area contributed by atoms with Crippen LogP contribution in [0.15, 0.2) is 0 Å². The summed E-state index contributed by atoms with van der Waals surface area (Å²) in [5.41, 5.74) is 0.486. The third kappa shape index (κ3) is 0.325. The molecule has 0 aromatic carbocycles. The van der Waals surface area contributed by atoms with Gasteiger partial charge in [-0.25, -0.2) is 0 Å². The van der Waals surface area contributed by atoms with Crippen molar-refractivity contribution in [3.63, 3.8) is 0 Å². The summed E-state index contributed by atoms with van der Waals surface area (Å²) in [6.07, 6.45) is 5.06. The Kier molecular flexibility index (Phi) is 0.487. The number of aliphatic hydroxyl groups excluding tert-OH is 1. The van der Waals surface area contributed by atoms with E-state index in [-0.39, 0.29) is 6.10 Å². The maximum Gasteiger partial charge on any atom is 0.0596 e. The SMILES string of the molecule is O[C@@H]1CCC12CC2. The van der Waals surface area contributed by atoms with Crippen LogP contribution in [0.25, 0.3) is 0 Å². The Morgan fingerprint density at radius 3 is 2.00 bits per heavy atom. The average molecular weight is 98.1 g/mol. The molecule has 40 valence electrons. The van der Waals surface area contributed by atoms with Crippen LogP contribution >= 0.6 is 0 Å². The van der Waals surface area contributed by atoms with Crippen LogP contribution < -0.4 is 0 Å². The van der Waals surface area contributed by atoms with Crippen molar-refractivity contribution in [3.05, 3.63) is 0 Å². The predicted molar refractivity (Wildman–Crippen MR) is 26.9 cm³/mol.